The van der Waals surface area contributed by atoms with Crippen molar-refractivity contribution in [1.82, 2.24) is 0 Å². The van der Waals surface area contributed by atoms with E-state index in [0.717, 1.165) is 89.9 Å². The Bertz CT molecular complexity index is 1050. The van der Waals surface area contributed by atoms with E-state index in [2.05, 4.69) is 103 Å². The first-order chi connectivity index (χ1) is 23.3. The van der Waals surface area contributed by atoms with Gasteiger partial charge in [-0.3, -0.25) is 14.1 Å². The number of carbonyl (C=O) groups excluding carboxylic acids is 2. The van der Waals surface area contributed by atoms with Crippen LogP contribution in [-0.4, -0.2) is 41.0 Å². The predicted octanol–water partition coefficient (Wildman–Crippen LogP) is 10.5. The van der Waals surface area contributed by atoms with E-state index in [1.54, 1.807) is 0 Å². The zero-order valence-electron chi connectivity index (χ0n) is 29.6. The van der Waals surface area contributed by atoms with Crippen LogP contribution in [0.3, 0.4) is 0 Å². The number of hydrogen-bond donors (Lipinski definition) is 2. The van der Waals surface area contributed by atoms with Gasteiger partial charge in [0.1, 0.15) is 6.61 Å². The highest BCUT2D eigenvalue weighted by molar-refractivity contribution is 7.46. The topological polar surface area (TPSA) is 119 Å². The third-order valence-corrected chi connectivity index (χ3v) is 7.39. The summed E-state index contributed by atoms with van der Waals surface area (Å²) >= 11 is 0. The molecule has 0 spiro atoms. The van der Waals surface area contributed by atoms with Gasteiger partial charge in [-0.1, -0.05) is 118 Å². The van der Waals surface area contributed by atoms with Gasteiger partial charge in [0.15, 0.2) is 6.10 Å². The summed E-state index contributed by atoms with van der Waals surface area (Å²) in [5.74, 6) is -0.965. The molecule has 0 radical (unpaired) electrons. The molecule has 0 aromatic carbocycles. The summed E-state index contributed by atoms with van der Waals surface area (Å²) < 4.78 is 26.2. The van der Waals surface area contributed by atoms with E-state index in [1.165, 1.54) is 0 Å². The molecule has 8 nitrogen and oxygen atoms in total. The Labute approximate surface area is 291 Å². The highest BCUT2D eigenvalue weighted by atomic mass is 31.2. The normalized spacial score (nSPS) is 13.5. The number of allylic oxidation sites excluding steroid dienone is 14. The molecule has 0 aliphatic rings. The van der Waals surface area contributed by atoms with Gasteiger partial charge in [0.2, 0.25) is 0 Å². The van der Waals surface area contributed by atoms with Gasteiger partial charge >= 0.3 is 19.8 Å². The molecule has 272 valence electrons. The number of unbranched alkanes of at least 4 members (excludes halogenated alkanes) is 7. The number of rotatable bonds is 31. The summed E-state index contributed by atoms with van der Waals surface area (Å²) in [6, 6.07) is 0. The molecule has 0 bridgehead atoms. The van der Waals surface area contributed by atoms with Crippen LogP contribution < -0.4 is 0 Å². The van der Waals surface area contributed by atoms with Crippen molar-refractivity contribution in [2.24, 2.45) is 0 Å². The molecule has 48 heavy (non-hydrogen) atoms. The van der Waals surface area contributed by atoms with Crippen LogP contribution in [0.4, 0.5) is 0 Å². The largest absolute Gasteiger partial charge is 0.469 e. The smallest absolute Gasteiger partial charge is 0.462 e. The molecule has 1 unspecified atom stereocenters. The van der Waals surface area contributed by atoms with Crippen molar-refractivity contribution in [3.05, 3.63) is 85.1 Å². The monoisotopic (exact) mass is 690 g/mol. The molecule has 0 aromatic heterocycles. The van der Waals surface area contributed by atoms with Crippen molar-refractivity contribution in [2.45, 2.75) is 136 Å². The molecule has 0 heterocycles. The second kappa shape index (κ2) is 34.1. The lowest BCUT2D eigenvalue weighted by atomic mass is 10.1. The molecule has 0 fully saturated rings. The molecule has 0 aliphatic carbocycles. The molecule has 0 aliphatic heterocycles. The summed E-state index contributed by atoms with van der Waals surface area (Å²) in [6.07, 6.45) is 44.5. The Kier molecular flexibility index (Phi) is 32.1. The maximum absolute atomic E-state index is 12.3. The molecule has 1 atom stereocenters. The van der Waals surface area contributed by atoms with Crippen LogP contribution in [0.5, 0.6) is 0 Å². The quantitative estimate of drug-likeness (QED) is 0.0319. The van der Waals surface area contributed by atoms with Crippen molar-refractivity contribution in [1.29, 1.82) is 0 Å². The van der Waals surface area contributed by atoms with Gasteiger partial charge in [-0.2, -0.15) is 0 Å². The van der Waals surface area contributed by atoms with Gasteiger partial charge in [-0.15, -0.1) is 0 Å². The van der Waals surface area contributed by atoms with Gasteiger partial charge in [0.05, 0.1) is 6.61 Å². The fraction of sp³-hybridized carbons (Fsp3) is 0.590. The van der Waals surface area contributed by atoms with Gasteiger partial charge in [-0.25, -0.2) is 4.57 Å². The first-order valence-corrected chi connectivity index (χ1v) is 19.4. The number of phosphoric ester groups is 1. The average Bonchev–Trinajstić information content (AvgIpc) is 3.05. The summed E-state index contributed by atoms with van der Waals surface area (Å²) in [7, 11) is -4.77. The summed E-state index contributed by atoms with van der Waals surface area (Å²) in [4.78, 5) is 42.6. The predicted molar refractivity (Wildman–Crippen MR) is 197 cm³/mol. The minimum Gasteiger partial charge on any atom is -0.462 e. The first-order valence-electron chi connectivity index (χ1n) is 17.9. The minimum atomic E-state index is -4.77. The van der Waals surface area contributed by atoms with Gasteiger partial charge in [-0.05, 0) is 83.5 Å². The van der Waals surface area contributed by atoms with Crippen LogP contribution in [-0.2, 0) is 28.2 Å². The molecular formula is C39H63O8P. The van der Waals surface area contributed by atoms with E-state index in [-0.39, 0.29) is 19.4 Å². The zero-order chi connectivity index (χ0) is 35.4. The minimum absolute atomic E-state index is 0.150. The molecule has 2 N–H and O–H groups in total. The van der Waals surface area contributed by atoms with Crippen LogP contribution in [0, 0.1) is 0 Å². The zero-order valence-corrected chi connectivity index (χ0v) is 30.5. The number of carbonyl (C=O) groups is 2. The molecule has 0 rings (SSSR count). The Balaban J connectivity index is 4.12. The van der Waals surface area contributed by atoms with Crippen LogP contribution in [0.25, 0.3) is 0 Å². The van der Waals surface area contributed by atoms with Gasteiger partial charge in [0.25, 0.3) is 0 Å². The summed E-state index contributed by atoms with van der Waals surface area (Å²) in [5, 5.41) is 0. The van der Waals surface area contributed by atoms with Crippen molar-refractivity contribution in [2.75, 3.05) is 13.2 Å². The third kappa shape index (κ3) is 36.1. The van der Waals surface area contributed by atoms with Crippen LogP contribution in [0.15, 0.2) is 85.1 Å². The molecule has 0 saturated carbocycles. The maximum Gasteiger partial charge on any atom is 0.469 e. The molecule has 0 aromatic rings. The Hall–Kier alpha value is -2.77. The lowest BCUT2D eigenvalue weighted by Crippen LogP contribution is -2.29. The van der Waals surface area contributed by atoms with E-state index in [1.807, 2.05) is 0 Å². The number of phosphoric acid groups is 1. The number of esters is 2. The van der Waals surface area contributed by atoms with Gasteiger partial charge in [0, 0.05) is 12.8 Å². The fourth-order valence-corrected chi connectivity index (χ4v) is 4.68. The van der Waals surface area contributed by atoms with E-state index in [0.29, 0.717) is 12.8 Å². The second-order valence-electron chi connectivity index (χ2n) is 11.4. The van der Waals surface area contributed by atoms with Crippen molar-refractivity contribution in [3.8, 4) is 0 Å². The lowest BCUT2D eigenvalue weighted by Gasteiger charge is -2.18. The summed E-state index contributed by atoms with van der Waals surface area (Å²) in [6.45, 7) is 3.38. The molecule has 0 amide bonds. The highest BCUT2D eigenvalue weighted by Gasteiger charge is 2.22. The molecular weight excluding hydrogens is 627 g/mol. The Morgan fingerprint density at radius 3 is 1.44 bits per heavy atom. The van der Waals surface area contributed by atoms with Crippen molar-refractivity contribution >= 4 is 19.8 Å². The van der Waals surface area contributed by atoms with Gasteiger partial charge < -0.3 is 19.3 Å². The number of hydrogen-bond acceptors (Lipinski definition) is 6. The van der Waals surface area contributed by atoms with E-state index >= 15 is 0 Å². The van der Waals surface area contributed by atoms with E-state index in [4.69, 9.17) is 19.3 Å². The van der Waals surface area contributed by atoms with Crippen LogP contribution in [0.1, 0.15) is 129 Å². The Morgan fingerprint density at radius 2 is 0.938 bits per heavy atom. The lowest BCUT2D eigenvalue weighted by molar-refractivity contribution is -0.161. The number of ether oxygens (including phenoxy) is 2. The fourth-order valence-electron chi connectivity index (χ4n) is 4.32. The van der Waals surface area contributed by atoms with E-state index in [9.17, 15) is 14.2 Å². The Morgan fingerprint density at radius 1 is 0.542 bits per heavy atom. The van der Waals surface area contributed by atoms with Crippen LogP contribution >= 0.6 is 7.82 Å². The second-order valence-corrected chi connectivity index (χ2v) is 12.7. The SMILES string of the molecule is CC/C=C\C/C=C\C/C=C\C/C=C\CCCCC(=O)OC(COC(=O)CCCCCCC/C=C\C/C=C\C/C=C\CC)COP(=O)(O)O. The molecule has 9 heteroatoms. The van der Waals surface area contributed by atoms with E-state index < -0.39 is 32.5 Å². The first kappa shape index (κ1) is 45.2. The summed E-state index contributed by atoms with van der Waals surface area (Å²) in [5.41, 5.74) is 0. The van der Waals surface area contributed by atoms with Crippen molar-refractivity contribution in [3.63, 3.8) is 0 Å². The molecule has 0 saturated heterocycles. The maximum atomic E-state index is 12.3. The van der Waals surface area contributed by atoms with Crippen LogP contribution in [0.2, 0.25) is 0 Å². The van der Waals surface area contributed by atoms with Crippen molar-refractivity contribution < 1.29 is 37.9 Å². The standard InChI is InChI=1S/C39H63O8P/c1-3-5-7-9-11-13-15-17-19-21-23-25-27-29-31-33-38(40)45-35-37(36-46-48(42,43)44)47-39(41)34-32-30-28-26-24-22-20-18-16-14-12-10-8-6-4-2/h5-8,11-14,17-20,24,26,37H,3-4,9-10,15-16,21-23,25,27-36H2,1-2H3,(H2,42,43,44)/b7-5-,8-6-,13-11-,14-12-,19-17-,20-18-,26-24-. The third-order valence-electron chi connectivity index (χ3n) is 6.91. The average molecular weight is 691 g/mol. The highest BCUT2D eigenvalue weighted by Crippen LogP contribution is 2.35.